The van der Waals surface area contributed by atoms with Crippen molar-refractivity contribution in [2.24, 2.45) is 0 Å². The molecule has 106 valence electrons. The topological polar surface area (TPSA) is 9.23 Å². The van der Waals surface area contributed by atoms with Gasteiger partial charge in [0.05, 0.1) is 12.5 Å². The average molecular weight is 309 g/mol. The molecule has 0 radical (unpaired) electrons. The zero-order valence-corrected chi connectivity index (χ0v) is 13.4. The molecule has 0 bridgehead atoms. The van der Waals surface area contributed by atoms with Crippen LogP contribution in [0.2, 0.25) is 5.02 Å². The quantitative estimate of drug-likeness (QED) is 0.667. The third-order valence-corrected chi connectivity index (χ3v) is 4.74. The van der Waals surface area contributed by atoms with Crippen LogP contribution in [0.5, 0.6) is 5.75 Å². The van der Waals surface area contributed by atoms with Crippen LogP contribution < -0.4 is 4.74 Å². The van der Waals surface area contributed by atoms with Gasteiger partial charge >= 0.3 is 0 Å². The lowest BCUT2D eigenvalue weighted by atomic mass is 9.78. The van der Waals surface area contributed by atoms with Crippen molar-refractivity contribution in [3.8, 4) is 5.75 Å². The van der Waals surface area contributed by atoms with Crippen molar-refractivity contribution < 1.29 is 4.74 Å². The lowest BCUT2D eigenvalue weighted by Gasteiger charge is -2.31. The predicted octanol–water partition coefficient (Wildman–Crippen LogP) is 5.61. The number of benzene rings is 2. The van der Waals surface area contributed by atoms with E-state index in [2.05, 4.69) is 26.0 Å². The molecule has 2 rings (SSSR count). The van der Waals surface area contributed by atoms with Crippen LogP contribution in [-0.2, 0) is 5.41 Å². The fraction of sp³-hybridized carbons (Fsp3) is 0.294. The summed E-state index contributed by atoms with van der Waals surface area (Å²) in [4.78, 5) is 0. The Morgan fingerprint density at radius 2 is 1.70 bits per heavy atom. The van der Waals surface area contributed by atoms with Crippen LogP contribution in [0.15, 0.2) is 48.5 Å². The molecule has 0 amide bonds. The molecule has 0 aliphatic heterocycles. The van der Waals surface area contributed by atoms with Crippen molar-refractivity contribution in [3.63, 3.8) is 0 Å². The summed E-state index contributed by atoms with van der Waals surface area (Å²) >= 11 is 13.0. The molecule has 0 aliphatic rings. The lowest BCUT2D eigenvalue weighted by Crippen LogP contribution is -2.23. The van der Waals surface area contributed by atoms with Crippen LogP contribution in [-0.4, -0.2) is 7.11 Å². The number of methoxy groups -OCH3 is 1. The zero-order valence-electron chi connectivity index (χ0n) is 11.9. The number of ether oxygens (including phenoxy) is 1. The molecule has 2 aromatic carbocycles. The molecule has 0 saturated carbocycles. The highest BCUT2D eigenvalue weighted by molar-refractivity contribution is 6.33. The first-order chi connectivity index (χ1) is 9.46. The minimum absolute atomic E-state index is 0.219. The van der Waals surface area contributed by atoms with Gasteiger partial charge in [-0.2, -0.15) is 0 Å². The minimum Gasteiger partial charge on any atom is -0.497 e. The molecule has 3 heteroatoms. The van der Waals surface area contributed by atoms with Crippen molar-refractivity contribution in [2.45, 2.75) is 24.6 Å². The van der Waals surface area contributed by atoms with Gasteiger partial charge in [-0.25, -0.2) is 0 Å². The van der Waals surface area contributed by atoms with Crippen LogP contribution in [0.25, 0.3) is 0 Å². The molecule has 0 N–H and O–H groups in total. The smallest absolute Gasteiger partial charge is 0.120 e. The van der Waals surface area contributed by atoms with Crippen molar-refractivity contribution in [3.05, 3.63) is 64.7 Å². The van der Waals surface area contributed by atoms with Crippen molar-refractivity contribution in [2.75, 3.05) is 7.11 Å². The van der Waals surface area contributed by atoms with E-state index in [9.17, 15) is 0 Å². The third-order valence-electron chi connectivity index (χ3n) is 3.63. The van der Waals surface area contributed by atoms with E-state index in [0.29, 0.717) is 5.02 Å². The molecule has 0 aromatic heterocycles. The molecule has 20 heavy (non-hydrogen) atoms. The first-order valence-corrected chi connectivity index (χ1v) is 7.31. The fourth-order valence-electron chi connectivity index (χ4n) is 2.24. The summed E-state index contributed by atoms with van der Waals surface area (Å²) in [7, 11) is 1.62. The Labute approximate surface area is 130 Å². The summed E-state index contributed by atoms with van der Waals surface area (Å²) in [6.07, 6.45) is 0. The van der Waals surface area contributed by atoms with Gasteiger partial charge in [-0.05, 0) is 23.3 Å². The number of hydrogen-bond acceptors (Lipinski definition) is 1. The van der Waals surface area contributed by atoms with Gasteiger partial charge in [-0.1, -0.05) is 61.8 Å². The third kappa shape index (κ3) is 2.94. The Morgan fingerprint density at radius 3 is 2.25 bits per heavy atom. The molecule has 1 atom stereocenters. The summed E-state index contributed by atoms with van der Waals surface area (Å²) < 4.78 is 5.17. The Kier molecular flexibility index (Phi) is 4.62. The minimum atomic E-state index is -0.221. The van der Waals surface area contributed by atoms with Crippen LogP contribution >= 0.6 is 23.2 Å². The second-order valence-corrected chi connectivity index (χ2v) is 6.18. The van der Waals surface area contributed by atoms with Gasteiger partial charge in [0.15, 0.2) is 0 Å². The Morgan fingerprint density at radius 1 is 1.05 bits per heavy atom. The Balaban J connectivity index is 2.38. The largest absolute Gasteiger partial charge is 0.497 e. The predicted molar refractivity (Wildman–Crippen MR) is 86.1 cm³/mol. The van der Waals surface area contributed by atoms with Gasteiger partial charge < -0.3 is 4.74 Å². The molecule has 2 aromatic rings. The average Bonchev–Trinajstić information content (AvgIpc) is 2.47. The van der Waals surface area contributed by atoms with Gasteiger partial charge in [0.25, 0.3) is 0 Å². The van der Waals surface area contributed by atoms with Crippen LogP contribution in [0.4, 0.5) is 0 Å². The van der Waals surface area contributed by atoms with Crippen LogP contribution in [0.3, 0.4) is 0 Å². The number of hydrogen-bond donors (Lipinski definition) is 0. The molecule has 0 saturated heterocycles. The normalized spacial score (nSPS) is 13.1. The number of alkyl halides is 1. The van der Waals surface area contributed by atoms with Crippen LogP contribution in [0, 0.1) is 0 Å². The summed E-state index contributed by atoms with van der Waals surface area (Å²) in [5.74, 6) is 0.736. The van der Waals surface area contributed by atoms with E-state index in [1.165, 1.54) is 5.56 Å². The van der Waals surface area contributed by atoms with Gasteiger partial charge in [0, 0.05) is 10.4 Å². The maximum atomic E-state index is 6.71. The van der Waals surface area contributed by atoms with Gasteiger partial charge in [0.2, 0.25) is 0 Å². The lowest BCUT2D eigenvalue weighted by molar-refractivity contribution is 0.414. The summed E-state index contributed by atoms with van der Waals surface area (Å²) in [5, 5.41) is 0.414. The molecule has 0 spiro atoms. The maximum absolute atomic E-state index is 6.71. The molecular weight excluding hydrogens is 291 g/mol. The number of rotatable bonds is 4. The Hall–Kier alpha value is -1.18. The van der Waals surface area contributed by atoms with Crippen LogP contribution in [0.1, 0.15) is 30.4 Å². The van der Waals surface area contributed by atoms with E-state index < -0.39 is 0 Å². The van der Waals surface area contributed by atoms with Gasteiger partial charge in [0.1, 0.15) is 5.75 Å². The standard InChI is InChI=1S/C17H18Cl2O/c1-17(2,12-7-5-4-6-8-12)16(19)14-10-9-13(20-3)11-15(14)18/h4-11,16H,1-3H3. The van der Waals surface area contributed by atoms with Gasteiger partial charge in [-0.3, -0.25) is 0 Å². The van der Waals surface area contributed by atoms with Gasteiger partial charge in [-0.15, -0.1) is 11.6 Å². The van der Waals surface area contributed by atoms with E-state index in [0.717, 1.165) is 11.3 Å². The zero-order chi connectivity index (χ0) is 14.8. The second-order valence-electron chi connectivity index (χ2n) is 5.34. The van der Waals surface area contributed by atoms with E-state index in [4.69, 9.17) is 27.9 Å². The monoisotopic (exact) mass is 308 g/mol. The molecule has 0 fully saturated rings. The van der Waals surface area contributed by atoms with Crippen molar-refractivity contribution in [1.29, 1.82) is 0 Å². The molecular formula is C17H18Cl2O. The van der Waals surface area contributed by atoms with E-state index in [-0.39, 0.29) is 10.8 Å². The van der Waals surface area contributed by atoms with E-state index in [1.54, 1.807) is 13.2 Å². The first kappa shape index (κ1) is 15.2. The van der Waals surface area contributed by atoms with Crippen molar-refractivity contribution in [1.82, 2.24) is 0 Å². The highest BCUT2D eigenvalue weighted by Gasteiger charge is 2.32. The molecule has 0 aliphatic carbocycles. The summed E-state index contributed by atoms with van der Waals surface area (Å²) in [5.41, 5.74) is 1.89. The highest BCUT2D eigenvalue weighted by Crippen LogP contribution is 2.44. The number of halogens is 2. The molecule has 0 heterocycles. The van der Waals surface area contributed by atoms with E-state index >= 15 is 0 Å². The first-order valence-electron chi connectivity index (χ1n) is 6.50. The summed E-state index contributed by atoms with van der Waals surface area (Å²) in [6.45, 7) is 4.25. The van der Waals surface area contributed by atoms with E-state index in [1.807, 2.05) is 30.3 Å². The highest BCUT2D eigenvalue weighted by atomic mass is 35.5. The maximum Gasteiger partial charge on any atom is 0.120 e. The fourth-order valence-corrected chi connectivity index (χ4v) is 2.89. The van der Waals surface area contributed by atoms with Crippen molar-refractivity contribution >= 4 is 23.2 Å². The molecule has 1 unspecified atom stereocenters. The molecule has 1 nitrogen and oxygen atoms in total. The summed E-state index contributed by atoms with van der Waals surface area (Å²) in [6, 6.07) is 15.9. The SMILES string of the molecule is COc1ccc(C(Cl)C(C)(C)c2ccccc2)c(Cl)c1. The second kappa shape index (κ2) is 6.07. The Bertz CT molecular complexity index is 579.